The van der Waals surface area contributed by atoms with E-state index in [0.29, 0.717) is 26.1 Å². The lowest BCUT2D eigenvalue weighted by atomic mass is 10.1. The Morgan fingerprint density at radius 2 is 2.03 bits per heavy atom. The molecule has 1 aromatic carbocycles. The van der Waals surface area contributed by atoms with Gasteiger partial charge in [0.2, 0.25) is 11.8 Å². The van der Waals surface area contributed by atoms with Crippen LogP contribution in [0.15, 0.2) is 48.7 Å². The summed E-state index contributed by atoms with van der Waals surface area (Å²) in [5, 5.41) is 11.2. The van der Waals surface area contributed by atoms with E-state index in [2.05, 4.69) is 15.5 Å². The predicted octanol–water partition coefficient (Wildman–Crippen LogP) is 1.45. The van der Waals surface area contributed by atoms with E-state index in [1.165, 1.54) is 0 Å². The van der Waals surface area contributed by atoms with Crippen molar-refractivity contribution in [1.29, 1.82) is 0 Å². The van der Waals surface area contributed by atoms with Crippen molar-refractivity contribution in [2.24, 2.45) is 5.92 Å². The summed E-state index contributed by atoms with van der Waals surface area (Å²) in [6, 6.07) is 13.3. The Hall–Kier alpha value is -3.42. The van der Waals surface area contributed by atoms with Crippen molar-refractivity contribution in [1.82, 2.24) is 24.8 Å². The van der Waals surface area contributed by atoms with E-state index >= 15 is 0 Å². The van der Waals surface area contributed by atoms with Gasteiger partial charge in [-0.1, -0.05) is 24.3 Å². The Balaban J connectivity index is 1.31. The third-order valence-electron chi connectivity index (χ3n) is 5.17. The van der Waals surface area contributed by atoms with Crippen LogP contribution in [0.4, 0.5) is 0 Å². The van der Waals surface area contributed by atoms with Gasteiger partial charge in [0.15, 0.2) is 5.65 Å². The van der Waals surface area contributed by atoms with Gasteiger partial charge in [0.1, 0.15) is 11.6 Å². The molecular formula is C21H23N5O3. The average Bonchev–Trinajstić information content (AvgIpc) is 3.32. The number of carbonyl (C=O) groups excluding carboxylic acids is 2. The van der Waals surface area contributed by atoms with Crippen molar-refractivity contribution in [2.75, 3.05) is 20.2 Å². The van der Waals surface area contributed by atoms with Crippen LogP contribution < -0.4 is 10.1 Å². The van der Waals surface area contributed by atoms with Gasteiger partial charge in [-0.15, -0.1) is 10.2 Å². The molecule has 8 heteroatoms. The number of ether oxygens (including phenoxy) is 1. The first kappa shape index (κ1) is 18.9. The number of methoxy groups -OCH3 is 1. The highest BCUT2D eigenvalue weighted by molar-refractivity contribution is 5.89. The summed E-state index contributed by atoms with van der Waals surface area (Å²) < 4.78 is 7.26. The van der Waals surface area contributed by atoms with Crippen LogP contribution in [0.2, 0.25) is 0 Å². The fraction of sp³-hybridized carbons (Fsp3) is 0.333. The second kappa shape index (κ2) is 8.30. The Morgan fingerprint density at radius 3 is 2.90 bits per heavy atom. The van der Waals surface area contributed by atoms with Gasteiger partial charge in [0.05, 0.1) is 13.0 Å². The summed E-state index contributed by atoms with van der Waals surface area (Å²) in [6.07, 6.45) is 2.70. The molecule has 0 unspecified atom stereocenters. The molecule has 150 valence electrons. The number of para-hydroxylation sites is 1. The van der Waals surface area contributed by atoms with E-state index in [4.69, 9.17) is 4.74 Å². The number of amides is 2. The minimum Gasteiger partial charge on any atom is -0.496 e. The van der Waals surface area contributed by atoms with Crippen LogP contribution in [0, 0.1) is 5.92 Å². The Labute approximate surface area is 168 Å². The van der Waals surface area contributed by atoms with E-state index in [0.717, 1.165) is 22.8 Å². The molecule has 8 nitrogen and oxygen atoms in total. The quantitative estimate of drug-likeness (QED) is 0.656. The fourth-order valence-electron chi connectivity index (χ4n) is 3.64. The molecule has 1 aliphatic heterocycles. The minimum absolute atomic E-state index is 0.0143. The van der Waals surface area contributed by atoms with Crippen LogP contribution in [-0.2, 0) is 22.6 Å². The lowest BCUT2D eigenvalue weighted by Crippen LogP contribution is -2.34. The number of aromatic nitrogens is 3. The van der Waals surface area contributed by atoms with Gasteiger partial charge in [-0.2, -0.15) is 0 Å². The number of fused-ring (bicyclic) bond motifs is 1. The smallest absolute Gasteiger partial charge is 0.225 e. The van der Waals surface area contributed by atoms with Gasteiger partial charge in [-0.3, -0.25) is 14.0 Å². The van der Waals surface area contributed by atoms with Gasteiger partial charge in [0.25, 0.3) is 0 Å². The molecule has 3 aromatic rings. The zero-order valence-electron chi connectivity index (χ0n) is 16.2. The largest absolute Gasteiger partial charge is 0.496 e. The summed E-state index contributed by atoms with van der Waals surface area (Å²) in [4.78, 5) is 26.6. The van der Waals surface area contributed by atoms with Crippen molar-refractivity contribution >= 4 is 17.5 Å². The minimum atomic E-state index is -0.340. The van der Waals surface area contributed by atoms with Crippen LogP contribution in [0.5, 0.6) is 5.75 Å². The molecule has 0 saturated carbocycles. The van der Waals surface area contributed by atoms with Gasteiger partial charge in [0, 0.05) is 44.2 Å². The van der Waals surface area contributed by atoms with E-state index in [1.807, 2.05) is 53.1 Å². The number of rotatable bonds is 7. The lowest BCUT2D eigenvalue weighted by molar-refractivity contribution is -0.129. The van der Waals surface area contributed by atoms with Crippen molar-refractivity contribution in [3.63, 3.8) is 0 Å². The number of hydrogen-bond donors (Lipinski definition) is 1. The number of hydrogen-bond acceptors (Lipinski definition) is 5. The molecule has 4 rings (SSSR count). The molecule has 1 saturated heterocycles. The highest BCUT2D eigenvalue weighted by Crippen LogP contribution is 2.24. The van der Waals surface area contributed by atoms with Gasteiger partial charge in [-0.05, 0) is 18.2 Å². The highest BCUT2D eigenvalue weighted by atomic mass is 16.5. The van der Waals surface area contributed by atoms with E-state index in [-0.39, 0.29) is 24.2 Å². The predicted molar refractivity (Wildman–Crippen MR) is 106 cm³/mol. The van der Waals surface area contributed by atoms with Crippen LogP contribution in [0.1, 0.15) is 17.8 Å². The van der Waals surface area contributed by atoms with Crippen molar-refractivity contribution in [2.45, 2.75) is 19.4 Å². The maximum atomic E-state index is 12.5. The van der Waals surface area contributed by atoms with Crippen molar-refractivity contribution in [3.8, 4) is 5.75 Å². The van der Waals surface area contributed by atoms with Crippen molar-refractivity contribution in [3.05, 3.63) is 60.0 Å². The molecule has 1 fully saturated rings. The zero-order chi connectivity index (χ0) is 20.2. The number of likely N-dealkylation sites (tertiary alicyclic amines) is 1. The highest BCUT2D eigenvalue weighted by Gasteiger charge is 2.34. The Kier molecular flexibility index (Phi) is 5.41. The Morgan fingerprint density at radius 1 is 1.21 bits per heavy atom. The topological polar surface area (TPSA) is 88.8 Å². The molecule has 1 aliphatic rings. The normalized spacial score (nSPS) is 16.4. The third kappa shape index (κ3) is 4.06. The molecule has 2 aromatic heterocycles. The van der Waals surface area contributed by atoms with Gasteiger partial charge in [-0.25, -0.2) is 0 Å². The first-order valence-corrected chi connectivity index (χ1v) is 9.61. The second-order valence-corrected chi connectivity index (χ2v) is 7.07. The second-order valence-electron chi connectivity index (χ2n) is 7.07. The number of benzene rings is 1. The van der Waals surface area contributed by atoms with Crippen LogP contribution >= 0.6 is 0 Å². The molecular weight excluding hydrogens is 370 g/mol. The lowest BCUT2D eigenvalue weighted by Gasteiger charge is -2.18. The fourth-order valence-corrected chi connectivity index (χ4v) is 3.64. The standard InChI is InChI=1S/C21H23N5O3/c1-29-17-7-3-2-6-15(17)13-25-14-16(12-20(25)27)21(28)22-10-9-19-24-23-18-8-4-5-11-26(18)19/h2-8,11,16H,9-10,12-14H2,1H3,(H,22,28)/t16-/m0/s1. The summed E-state index contributed by atoms with van der Waals surface area (Å²) >= 11 is 0. The maximum absolute atomic E-state index is 12.5. The van der Waals surface area contributed by atoms with E-state index < -0.39 is 0 Å². The molecule has 29 heavy (non-hydrogen) atoms. The van der Waals surface area contributed by atoms with Crippen LogP contribution in [-0.4, -0.2) is 51.5 Å². The van der Waals surface area contributed by atoms with E-state index in [1.54, 1.807) is 12.0 Å². The molecule has 0 aliphatic carbocycles. The monoisotopic (exact) mass is 393 g/mol. The molecule has 2 amide bonds. The summed E-state index contributed by atoms with van der Waals surface area (Å²) in [7, 11) is 1.61. The number of carbonyl (C=O) groups is 2. The van der Waals surface area contributed by atoms with Crippen molar-refractivity contribution < 1.29 is 14.3 Å². The molecule has 1 N–H and O–H groups in total. The molecule has 0 radical (unpaired) electrons. The number of nitrogens with zero attached hydrogens (tertiary/aromatic N) is 4. The summed E-state index contributed by atoms with van der Waals surface area (Å²) in [5.74, 6) is 1.08. The maximum Gasteiger partial charge on any atom is 0.225 e. The molecule has 0 bridgehead atoms. The number of nitrogens with one attached hydrogen (secondary N) is 1. The zero-order valence-corrected chi connectivity index (χ0v) is 16.2. The Bertz CT molecular complexity index is 1030. The first-order chi connectivity index (χ1) is 14.2. The van der Waals surface area contributed by atoms with Crippen LogP contribution in [0.3, 0.4) is 0 Å². The van der Waals surface area contributed by atoms with E-state index in [9.17, 15) is 9.59 Å². The molecule has 0 spiro atoms. The first-order valence-electron chi connectivity index (χ1n) is 9.61. The van der Waals surface area contributed by atoms with Gasteiger partial charge < -0.3 is 15.0 Å². The average molecular weight is 393 g/mol. The van der Waals surface area contributed by atoms with Crippen LogP contribution in [0.25, 0.3) is 5.65 Å². The van der Waals surface area contributed by atoms with Gasteiger partial charge >= 0.3 is 0 Å². The SMILES string of the molecule is COc1ccccc1CN1C[C@@H](C(=O)NCCc2nnc3ccccn23)CC1=O. The summed E-state index contributed by atoms with van der Waals surface area (Å²) in [5.41, 5.74) is 1.71. The number of pyridine rings is 1. The molecule has 3 heterocycles. The third-order valence-corrected chi connectivity index (χ3v) is 5.17. The molecule has 1 atom stereocenters. The summed E-state index contributed by atoms with van der Waals surface area (Å²) in [6.45, 7) is 1.31.